The van der Waals surface area contributed by atoms with Crippen LogP contribution >= 0.6 is 11.9 Å². The Bertz CT molecular complexity index is 431. The normalized spacial score (nSPS) is 9.87. The first-order chi connectivity index (χ1) is 7.36. The lowest BCUT2D eigenvalue weighted by Crippen LogP contribution is -1.85. The molecule has 0 saturated heterocycles. The highest BCUT2D eigenvalue weighted by Gasteiger charge is 1.99. The third kappa shape index (κ3) is 2.67. The first-order valence-corrected chi connectivity index (χ1v) is 5.44. The highest BCUT2D eigenvalue weighted by molar-refractivity contribution is 8.00. The number of rotatable bonds is 3. The van der Waals surface area contributed by atoms with E-state index in [1.807, 2.05) is 48.5 Å². The summed E-state index contributed by atoms with van der Waals surface area (Å²) in [6, 6.07) is 17.1. The van der Waals surface area contributed by atoms with E-state index in [1.165, 1.54) is 11.9 Å². The Morgan fingerprint density at radius 2 is 1.53 bits per heavy atom. The van der Waals surface area contributed by atoms with Gasteiger partial charge in [-0.3, -0.25) is 0 Å². The van der Waals surface area contributed by atoms with Gasteiger partial charge in [-0.2, -0.15) is 0 Å². The summed E-state index contributed by atoms with van der Waals surface area (Å²) in [5, 5.41) is 9.53. The molecule has 2 aromatic carbocycles. The molecule has 0 bridgehead atoms. The largest absolute Gasteiger partial charge is 0.507 e. The van der Waals surface area contributed by atoms with Gasteiger partial charge >= 0.3 is 0 Å². The second-order valence-electron chi connectivity index (χ2n) is 3.04. The Kier molecular flexibility index (Phi) is 3.15. The zero-order valence-electron chi connectivity index (χ0n) is 8.05. The second kappa shape index (κ2) is 4.75. The Morgan fingerprint density at radius 3 is 2.27 bits per heavy atom. The van der Waals surface area contributed by atoms with Crippen LogP contribution in [0.2, 0.25) is 0 Å². The van der Waals surface area contributed by atoms with Crippen molar-refractivity contribution in [1.29, 1.82) is 0 Å². The van der Waals surface area contributed by atoms with Crippen molar-refractivity contribution in [3.63, 3.8) is 0 Å². The van der Waals surface area contributed by atoms with Crippen molar-refractivity contribution < 1.29 is 5.11 Å². The molecule has 0 radical (unpaired) electrons. The van der Waals surface area contributed by atoms with Gasteiger partial charge in [0, 0.05) is 5.69 Å². The van der Waals surface area contributed by atoms with Gasteiger partial charge in [-0.05, 0) is 36.2 Å². The topological polar surface area (TPSA) is 32.3 Å². The molecule has 0 saturated carbocycles. The minimum atomic E-state index is 0.297. The Hall–Kier alpha value is -1.61. The molecule has 0 atom stereocenters. The average Bonchev–Trinajstić information content (AvgIpc) is 2.29. The monoisotopic (exact) mass is 217 g/mol. The van der Waals surface area contributed by atoms with Crippen molar-refractivity contribution in [2.45, 2.75) is 4.90 Å². The van der Waals surface area contributed by atoms with E-state index in [1.54, 1.807) is 6.07 Å². The number of aromatic hydroxyl groups is 1. The zero-order valence-corrected chi connectivity index (χ0v) is 8.87. The molecule has 0 aromatic heterocycles. The molecule has 15 heavy (non-hydrogen) atoms. The van der Waals surface area contributed by atoms with Crippen LogP contribution in [0.5, 0.6) is 5.75 Å². The molecule has 0 aliphatic rings. The number of hydrogen-bond acceptors (Lipinski definition) is 3. The van der Waals surface area contributed by atoms with Crippen LogP contribution in [-0.2, 0) is 0 Å². The number of hydrogen-bond donors (Lipinski definition) is 2. The maximum absolute atomic E-state index is 9.53. The van der Waals surface area contributed by atoms with Crippen LogP contribution in [0.3, 0.4) is 0 Å². The van der Waals surface area contributed by atoms with Gasteiger partial charge in [-0.1, -0.05) is 30.3 Å². The summed E-state index contributed by atoms with van der Waals surface area (Å²) >= 11 is 1.40. The molecule has 0 spiro atoms. The predicted octanol–water partition coefficient (Wildman–Crippen LogP) is 3.51. The first kappa shape index (κ1) is 9.93. The average molecular weight is 217 g/mol. The Morgan fingerprint density at radius 1 is 0.867 bits per heavy atom. The van der Waals surface area contributed by atoms with Crippen molar-refractivity contribution in [2.24, 2.45) is 0 Å². The third-order valence-corrected chi connectivity index (χ3v) is 2.82. The van der Waals surface area contributed by atoms with E-state index in [2.05, 4.69) is 4.72 Å². The van der Waals surface area contributed by atoms with Gasteiger partial charge in [0.25, 0.3) is 0 Å². The van der Waals surface area contributed by atoms with Crippen molar-refractivity contribution in [2.75, 3.05) is 4.72 Å². The van der Waals surface area contributed by atoms with Crippen molar-refractivity contribution in [1.82, 2.24) is 0 Å². The smallest absolute Gasteiger partial charge is 0.130 e. The molecule has 76 valence electrons. The van der Waals surface area contributed by atoms with E-state index in [0.29, 0.717) is 5.75 Å². The van der Waals surface area contributed by atoms with E-state index in [4.69, 9.17) is 0 Å². The van der Waals surface area contributed by atoms with Gasteiger partial charge in [-0.15, -0.1) is 0 Å². The Labute approximate surface area is 93.1 Å². The first-order valence-electron chi connectivity index (χ1n) is 4.62. The van der Waals surface area contributed by atoms with Crippen LogP contribution < -0.4 is 4.72 Å². The molecular weight excluding hydrogens is 206 g/mol. The van der Waals surface area contributed by atoms with Crippen molar-refractivity contribution in [3.8, 4) is 5.75 Å². The molecule has 2 aromatic rings. The molecule has 2 N–H and O–H groups in total. The lowest BCUT2D eigenvalue weighted by atomic mass is 10.3. The predicted molar refractivity (Wildman–Crippen MR) is 64.0 cm³/mol. The summed E-state index contributed by atoms with van der Waals surface area (Å²) in [5.41, 5.74) is 1.02. The summed E-state index contributed by atoms with van der Waals surface area (Å²) < 4.78 is 3.16. The maximum atomic E-state index is 9.53. The van der Waals surface area contributed by atoms with E-state index in [9.17, 15) is 5.11 Å². The highest BCUT2D eigenvalue weighted by atomic mass is 32.2. The SMILES string of the molecule is Oc1ccccc1SNc1ccccc1. The van der Waals surface area contributed by atoms with Gasteiger partial charge in [0.2, 0.25) is 0 Å². The second-order valence-corrected chi connectivity index (χ2v) is 3.89. The summed E-state index contributed by atoms with van der Waals surface area (Å²) in [6.45, 7) is 0. The summed E-state index contributed by atoms with van der Waals surface area (Å²) in [7, 11) is 0. The van der Waals surface area contributed by atoms with Crippen LogP contribution in [0.1, 0.15) is 0 Å². The minimum absolute atomic E-state index is 0.297. The van der Waals surface area contributed by atoms with E-state index in [0.717, 1.165) is 10.6 Å². The standard InChI is InChI=1S/C12H11NOS/c14-11-8-4-5-9-12(11)15-13-10-6-2-1-3-7-10/h1-9,13-14H. The molecular formula is C12H11NOS. The van der Waals surface area contributed by atoms with Gasteiger partial charge < -0.3 is 9.83 Å². The van der Waals surface area contributed by atoms with Gasteiger partial charge in [0.05, 0.1) is 4.90 Å². The van der Waals surface area contributed by atoms with Crippen LogP contribution in [0.15, 0.2) is 59.5 Å². The fourth-order valence-corrected chi connectivity index (χ4v) is 1.85. The minimum Gasteiger partial charge on any atom is -0.507 e. The molecule has 0 amide bonds. The van der Waals surface area contributed by atoms with Crippen LogP contribution in [0.4, 0.5) is 5.69 Å². The van der Waals surface area contributed by atoms with Crippen LogP contribution in [0.25, 0.3) is 0 Å². The van der Waals surface area contributed by atoms with Crippen LogP contribution in [-0.4, -0.2) is 5.11 Å². The van der Waals surface area contributed by atoms with Gasteiger partial charge in [0.1, 0.15) is 5.75 Å². The van der Waals surface area contributed by atoms with Crippen molar-refractivity contribution >= 4 is 17.6 Å². The number of phenolic OH excluding ortho intramolecular Hbond substituents is 1. The molecule has 0 heterocycles. The lowest BCUT2D eigenvalue weighted by molar-refractivity contribution is 0.462. The molecule has 3 heteroatoms. The number of anilines is 1. The van der Waals surface area contributed by atoms with E-state index >= 15 is 0 Å². The fourth-order valence-electron chi connectivity index (χ4n) is 1.16. The van der Waals surface area contributed by atoms with Crippen molar-refractivity contribution in [3.05, 3.63) is 54.6 Å². The number of benzene rings is 2. The summed E-state index contributed by atoms with van der Waals surface area (Å²) in [5.74, 6) is 0.297. The molecule has 0 aliphatic carbocycles. The van der Waals surface area contributed by atoms with E-state index < -0.39 is 0 Å². The molecule has 2 rings (SSSR count). The lowest BCUT2D eigenvalue weighted by Gasteiger charge is -2.05. The van der Waals surface area contributed by atoms with Crippen LogP contribution in [0, 0.1) is 0 Å². The molecule has 0 unspecified atom stereocenters. The molecule has 2 nitrogen and oxygen atoms in total. The van der Waals surface area contributed by atoms with Gasteiger partial charge in [-0.25, -0.2) is 0 Å². The maximum Gasteiger partial charge on any atom is 0.130 e. The fraction of sp³-hybridized carbons (Fsp3) is 0. The number of phenols is 1. The quantitative estimate of drug-likeness (QED) is 0.772. The summed E-state index contributed by atoms with van der Waals surface area (Å²) in [6.07, 6.45) is 0. The molecule has 0 fully saturated rings. The highest BCUT2D eigenvalue weighted by Crippen LogP contribution is 2.28. The number of nitrogens with one attached hydrogen (secondary N) is 1. The molecule has 0 aliphatic heterocycles. The van der Waals surface area contributed by atoms with E-state index in [-0.39, 0.29) is 0 Å². The Balaban J connectivity index is 2.03. The number of para-hydroxylation sites is 2. The van der Waals surface area contributed by atoms with Gasteiger partial charge in [0.15, 0.2) is 0 Å². The summed E-state index contributed by atoms with van der Waals surface area (Å²) in [4.78, 5) is 0.821. The zero-order chi connectivity index (χ0) is 10.5. The third-order valence-electron chi connectivity index (χ3n) is 1.92.